The van der Waals surface area contributed by atoms with Crippen molar-refractivity contribution in [3.05, 3.63) is 59.3 Å². The van der Waals surface area contributed by atoms with Crippen LogP contribution in [0.5, 0.6) is 0 Å². The van der Waals surface area contributed by atoms with E-state index in [-0.39, 0.29) is 12.7 Å². The number of carboxylic acids is 1. The molecule has 2 N–H and O–H groups in total. The van der Waals surface area contributed by atoms with Crippen molar-refractivity contribution in [2.24, 2.45) is 4.99 Å². The zero-order chi connectivity index (χ0) is 25.1. The number of para-hydroxylation sites is 2. The van der Waals surface area contributed by atoms with Crippen LogP contribution in [0.1, 0.15) is 57.4 Å². The average Bonchev–Trinajstić information content (AvgIpc) is 3.62. The van der Waals surface area contributed by atoms with E-state index in [0.717, 1.165) is 37.7 Å². The molecule has 2 aliphatic heterocycles. The number of rotatable bonds is 10. The van der Waals surface area contributed by atoms with Gasteiger partial charge in [0.2, 0.25) is 11.7 Å². The number of hydroxylamine groups is 2. The molecule has 3 aromatic rings. The summed E-state index contributed by atoms with van der Waals surface area (Å²) < 4.78 is -0.813. The number of fused-ring (bicyclic) bond motifs is 1. The maximum absolute atomic E-state index is 14.7. The first kappa shape index (κ1) is 24.2. The van der Waals surface area contributed by atoms with Gasteiger partial charge in [-0.15, -0.1) is 10.2 Å². The third-order valence-corrected chi connectivity index (χ3v) is 7.27. The fraction of sp³-hybridized carbons (Fsp3) is 0.423. The predicted octanol–water partition coefficient (Wildman–Crippen LogP) is 4.61. The van der Waals surface area contributed by atoms with Crippen molar-refractivity contribution in [3.8, 4) is 11.4 Å². The molecule has 1 aromatic heterocycles. The average molecular weight is 490 g/mol. The van der Waals surface area contributed by atoms with Crippen LogP contribution in [-0.2, 0) is 4.79 Å². The second-order valence-electron chi connectivity index (χ2n) is 9.57. The summed E-state index contributed by atoms with van der Waals surface area (Å²) in [5.41, 5.74) is 2.61. The van der Waals surface area contributed by atoms with Crippen molar-refractivity contribution in [2.75, 3.05) is 6.67 Å². The molecule has 3 heterocycles. The molecule has 1 saturated heterocycles. The Morgan fingerprint density at radius 2 is 1.89 bits per heavy atom. The largest absolute Gasteiger partial charge is 0.620 e. The number of aromatic amines is 1. The van der Waals surface area contributed by atoms with E-state index in [2.05, 4.69) is 27.5 Å². The Kier molecular flexibility index (Phi) is 6.90. The zero-order valence-electron chi connectivity index (χ0n) is 20.4. The Labute approximate surface area is 209 Å². The number of likely N-dealkylation sites (tertiary alicyclic amines) is 1. The summed E-state index contributed by atoms with van der Waals surface area (Å²) in [6, 6.07) is 14.1. The van der Waals surface area contributed by atoms with Crippen LogP contribution in [0, 0.1) is 5.21 Å². The van der Waals surface area contributed by atoms with Crippen molar-refractivity contribution >= 4 is 23.2 Å². The van der Waals surface area contributed by atoms with Crippen LogP contribution in [0.4, 0.5) is 11.4 Å². The van der Waals surface area contributed by atoms with Gasteiger partial charge in [0.05, 0.1) is 5.56 Å². The number of hydrogen-bond acceptors (Lipinski definition) is 7. The molecule has 0 spiro atoms. The Morgan fingerprint density at radius 3 is 2.61 bits per heavy atom. The zero-order valence-corrected chi connectivity index (χ0v) is 20.4. The lowest BCUT2D eigenvalue weighted by molar-refractivity contribution is -0.143. The van der Waals surface area contributed by atoms with E-state index in [0.29, 0.717) is 35.0 Å². The molecule has 5 rings (SSSR count). The van der Waals surface area contributed by atoms with Crippen molar-refractivity contribution in [1.29, 1.82) is 0 Å². The van der Waals surface area contributed by atoms with Gasteiger partial charge < -0.3 is 10.3 Å². The van der Waals surface area contributed by atoms with Crippen LogP contribution in [-0.4, -0.2) is 61.2 Å². The smallest absolute Gasteiger partial charge is 0.321 e. The van der Waals surface area contributed by atoms with Crippen molar-refractivity contribution in [3.63, 3.8) is 0 Å². The van der Waals surface area contributed by atoms with Gasteiger partial charge in [-0.1, -0.05) is 56.9 Å². The number of aromatic nitrogens is 4. The number of H-pyrrole nitrogens is 1. The maximum atomic E-state index is 14.7. The molecule has 0 aliphatic carbocycles. The molecule has 10 heteroatoms. The number of hydrogen-bond donors (Lipinski definition) is 2. The number of benzene rings is 2. The fourth-order valence-electron chi connectivity index (χ4n) is 5.40. The summed E-state index contributed by atoms with van der Waals surface area (Å²) in [6.45, 7) is 2.19. The fourth-order valence-corrected chi connectivity index (χ4v) is 5.40. The van der Waals surface area contributed by atoms with E-state index in [9.17, 15) is 15.1 Å². The summed E-state index contributed by atoms with van der Waals surface area (Å²) in [7, 11) is 0. The number of aliphatic imine (C=N–C) groups is 1. The monoisotopic (exact) mass is 489 g/mol. The molecule has 0 radical (unpaired) electrons. The Bertz CT molecular complexity index is 1230. The minimum absolute atomic E-state index is 0.0118. The second kappa shape index (κ2) is 10.3. The minimum atomic E-state index is -0.868. The number of nitrogens with zero attached hydrogens (tertiary/aromatic N) is 6. The highest BCUT2D eigenvalue weighted by Crippen LogP contribution is 2.43. The number of unbranched alkanes of at least 4 members (excludes halogenated alkanes) is 3. The van der Waals surface area contributed by atoms with Gasteiger partial charge in [-0.3, -0.25) is 9.44 Å². The number of carboxylic acid groups (broad SMARTS) is 1. The molecule has 2 unspecified atom stereocenters. The summed E-state index contributed by atoms with van der Waals surface area (Å²) in [5.74, 6) is -0.0434. The highest BCUT2D eigenvalue weighted by atomic mass is 16.6. The lowest BCUT2D eigenvalue weighted by Crippen LogP contribution is -2.57. The molecule has 36 heavy (non-hydrogen) atoms. The van der Waals surface area contributed by atoms with Gasteiger partial charge in [-0.2, -0.15) is 10.2 Å². The van der Waals surface area contributed by atoms with E-state index < -0.39 is 16.7 Å². The Morgan fingerprint density at radius 1 is 1.11 bits per heavy atom. The van der Waals surface area contributed by atoms with Gasteiger partial charge in [0.15, 0.2) is 5.69 Å². The quantitative estimate of drug-likeness (QED) is 0.242. The van der Waals surface area contributed by atoms with Crippen LogP contribution >= 0.6 is 0 Å². The number of carbonyl (C=O) groups is 1. The Hall–Kier alpha value is -3.47. The summed E-state index contributed by atoms with van der Waals surface area (Å²) in [4.78, 5) is 18.8. The normalized spacial score (nSPS) is 23.6. The standard InChI is InChI=1S/C26H31N7O3/c1-2-3-4-5-8-20-15-16-22(26(34)35)32(20)17-33(36)23-10-7-6-9-21(23)27-25(33)19-13-11-18(12-14-19)24-28-30-31-29-24/h6-7,9-14,20,22H,2-5,8,15-17H2,1H3,(H,34,35)(H,28,29,30,31)/t20?,22-,33?/m0/s1. The van der Waals surface area contributed by atoms with Crippen LogP contribution < -0.4 is 4.65 Å². The van der Waals surface area contributed by atoms with E-state index in [1.807, 2.05) is 47.4 Å². The van der Waals surface area contributed by atoms with Gasteiger partial charge >= 0.3 is 5.97 Å². The molecule has 2 aliphatic rings. The molecule has 0 amide bonds. The topological polar surface area (TPSA) is 130 Å². The van der Waals surface area contributed by atoms with Crippen LogP contribution in [0.2, 0.25) is 0 Å². The lowest BCUT2D eigenvalue weighted by atomic mass is 10.1. The minimum Gasteiger partial charge on any atom is -0.620 e. The van der Waals surface area contributed by atoms with Crippen LogP contribution in [0.25, 0.3) is 11.4 Å². The van der Waals surface area contributed by atoms with Gasteiger partial charge in [-0.25, -0.2) is 4.90 Å². The molecular formula is C26H31N7O3. The molecule has 188 valence electrons. The Balaban J connectivity index is 1.46. The third kappa shape index (κ3) is 4.55. The number of nitrogens with one attached hydrogen (secondary N) is 1. The molecule has 3 atom stereocenters. The summed E-state index contributed by atoms with van der Waals surface area (Å²) in [6.07, 6.45) is 6.72. The molecule has 10 nitrogen and oxygen atoms in total. The molecule has 0 bridgehead atoms. The SMILES string of the molecule is CCCCCCC1CC[C@@H](C(=O)O)N1C[N+]1([O-])C(c2ccc(-c3nn[nH]n3)cc2)=Nc2ccccc21. The number of tetrazole rings is 1. The first-order valence-electron chi connectivity index (χ1n) is 12.6. The molecular weight excluding hydrogens is 458 g/mol. The predicted molar refractivity (Wildman–Crippen MR) is 137 cm³/mol. The third-order valence-electron chi connectivity index (χ3n) is 7.27. The second-order valence-corrected chi connectivity index (χ2v) is 9.57. The van der Waals surface area contributed by atoms with E-state index in [4.69, 9.17) is 4.99 Å². The van der Waals surface area contributed by atoms with Gasteiger partial charge in [0.1, 0.15) is 18.4 Å². The first-order chi connectivity index (χ1) is 17.5. The molecule has 1 fully saturated rings. The summed E-state index contributed by atoms with van der Waals surface area (Å²) >= 11 is 0. The number of quaternary nitrogens is 1. The van der Waals surface area contributed by atoms with Gasteiger partial charge in [0.25, 0.3) is 0 Å². The number of amidine groups is 1. The van der Waals surface area contributed by atoms with E-state index in [1.54, 1.807) is 6.07 Å². The summed E-state index contributed by atoms with van der Waals surface area (Å²) in [5, 5.41) is 38.8. The van der Waals surface area contributed by atoms with Crippen LogP contribution in [0.15, 0.2) is 53.5 Å². The van der Waals surface area contributed by atoms with Crippen molar-refractivity contribution in [2.45, 2.75) is 64.0 Å². The molecule has 2 aromatic carbocycles. The van der Waals surface area contributed by atoms with E-state index >= 15 is 0 Å². The first-order valence-corrected chi connectivity index (χ1v) is 12.6. The number of aliphatic carboxylic acids is 1. The highest BCUT2D eigenvalue weighted by Gasteiger charge is 2.45. The highest BCUT2D eigenvalue weighted by molar-refractivity contribution is 6.12. The van der Waals surface area contributed by atoms with Crippen molar-refractivity contribution in [1.82, 2.24) is 30.2 Å². The van der Waals surface area contributed by atoms with Crippen molar-refractivity contribution < 1.29 is 9.90 Å². The maximum Gasteiger partial charge on any atom is 0.321 e. The lowest BCUT2D eigenvalue weighted by Gasteiger charge is -2.43. The molecule has 0 saturated carbocycles. The van der Waals surface area contributed by atoms with Gasteiger partial charge in [0, 0.05) is 17.7 Å². The van der Waals surface area contributed by atoms with Gasteiger partial charge in [-0.05, 0) is 42.7 Å². The van der Waals surface area contributed by atoms with Crippen LogP contribution in [0.3, 0.4) is 0 Å². The van der Waals surface area contributed by atoms with E-state index in [1.165, 1.54) is 6.42 Å².